The summed E-state index contributed by atoms with van der Waals surface area (Å²) in [6.07, 6.45) is -0.366. The Morgan fingerprint density at radius 2 is 1.65 bits per heavy atom. The van der Waals surface area contributed by atoms with Gasteiger partial charge in [0.2, 0.25) is 6.79 Å². The van der Waals surface area contributed by atoms with E-state index in [2.05, 4.69) is 42.2 Å². The highest BCUT2D eigenvalue weighted by molar-refractivity contribution is 5.44. The van der Waals surface area contributed by atoms with Crippen molar-refractivity contribution in [2.24, 2.45) is 0 Å². The Balaban J connectivity index is 1.72. The van der Waals surface area contributed by atoms with Crippen LogP contribution in [0.15, 0.2) is 42.5 Å². The lowest BCUT2D eigenvalue weighted by molar-refractivity contribution is 0.118. The van der Waals surface area contributed by atoms with Crippen molar-refractivity contribution in [1.29, 1.82) is 0 Å². The molecule has 0 saturated heterocycles. The van der Waals surface area contributed by atoms with Gasteiger partial charge in [-0.1, -0.05) is 35.9 Å². The molecule has 2 aromatic rings. The zero-order valence-electron chi connectivity index (χ0n) is 13.7. The van der Waals surface area contributed by atoms with Gasteiger partial charge in [-0.3, -0.25) is 4.90 Å². The van der Waals surface area contributed by atoms with Crippen LogP contribution in [0.25, 0.3) is 0 Å². The molecule has 2 aromatic carbocycles. The Labute approximate surface area is 137 Å². The molecule has 4 nitrogen and oxygen atoms in total. The molecule has 0 fully saturated rings. The first-order valence-electron chi connectivity index (χ1n) is 7.94. The first-order chi connectivity index (χ1) is 11.1. The van der Waals surface area contributed by atoms with Crippen LogP contribution in [0.5, 0.6) is 11.5 Å². The van der Waals surface area contributed by atoms with E-state index >= 15 is 0 Å². The van der Waals surface area contributed by atoms with Crippen LogP contribution in [0.1, 0.15) is 23.6 Å². The molecule has 0 unspecified atom stereocenters. The van der Waals surface area contributed by atoms with E-state index in [9.17, 15) is 5.11 Å². The predicted molar refractivity (Wildman–Crippen MR) is 89.5 cm³/mol. The highest BCUT2D eigenvalue weighted by atomic mass is 16.7. The molecule has 1 aliphatic heterocycles. The number of rotatable bonds is 6. The monoisotopic (exact) mass is 313 g/mol. The third-order valence-electron chi connectivity index (χ3n) is 3.89. The molecule has 1 aliphatic rings. The van der Waals surface area contributed by atoms with Crippen molar-refractivity contribution in [1.82, 2.24) is 4.90 Å². The number of hydrogen-bond donors (Lipinski definition) is 1. The average Bonchev–Trinajstić information content (AvgIpc) is 2.96. The Kier molecular flexibility index (Phi) is 4.84. The highest BCUT2D eigenvalue weighted by Gasteiger charge is 2.15. The molecular weight excluding hydrogens is 290 g/mol. The number of benzene rings is 2. The lowest BCUT2D eigenvalue weighted by Gasteiger charge is -2.24. The molecule has 1 heterocycles. The molecule has 0 spiro atoms. The van der Waals surface area contributed by atoms with Crippen LogP contribution in [0.4, 0.5) is 0 Å². The summed E-state index contributed by atoms with van der Waals surface area (Å²) in [4.78, 5) is 2.24. The smallest absolute Gasteiger partial charge is 0.231 e. The van der Waals surface area contributed by atoms with E-state index < -0.39 is 0 Å². The van der Waals surface area contributed by atoms with Crippen molar-refractivity contribution in [2.75, 3.05) is 13.3 Å². The van der Waals surface area contributed by atoms with E-state index in [1.54, 1.807) is 0 Å². The molecule has 0 saturated carbocycles. The maximum absolute atomic E-state index is 9.79. The fraction of sp³-hybridized carbons (Fsp3) is 0.368. The second kappa shape index (κ2) is 7.02. The topological polar surface area (TPSA) is 41.9 Å². The molecule has 0 radical (unpaired) electrons. The second-order valence-corrected chi connectivity index (χ2v) is 6.19. The van der Waals surface area contributed by atoms with Gasteiger partial charge in [-0.25, -0.2) is 0 Å². The number of aliphatic hydroxyl groups is 1. The molecule has 4 heteroatoms. The first-order valence-corrected chi connectivity index (χ1v) is 7.94. The van der Waals surface area contributed by atoms with Crippen molar-refractivity contribution < 1.29 is 14.6 Å². The van der Waals surface area contributed by atoms with Crippen LogP contribution in [0.3, 0.4) is 0 Å². The minimum absolute atomic E-state index is 0.291. The molecule has 0 aromatic heterocycles. The number of hydrogen-bond acceptors (Lipinski definition) is 4. The molecule has 122 valence electrons. The number of fused-ring (bicyclic) bond motifs is 1. The zero-order valence-corrected chi connectivity index (χ0v) is 13.7. The lowest BCUT2D eigenvalue weighted by atomic mass is 10.1. The van der Waals surface area contributed by atoms with E-state index in [1.165, 1.54) is 11.1 Å². The van der Waals surface area contributed by atoms with Crippen LogP contribution in [0.2, 0.25) is 0 Å². The molecule has 0 amide bonds. The van der Waals surface area contributed by atoms with Gasteiger partial charge in [-0.15, -0.1) is 0 Å². The predicted octanol–water partition coefficient (Wildman–Crippen LogP) is 3.11. The summed E-state index contributed by atoms with van der Waals surface area (Å²) in [5, 5.41) is 9.79. The molecule has 1 N–H and O–H groups in total. The third kappa shape index (κ3) is 4.24. The molecule has 0 bridgehead atoms. The van der Waals surface area contributed by atoms with Gasteiger partial charge in [0.05, 0.1) is 6.10 Å². The van der Waals surface area contributed by atoms with E-state index in [0.717, 1.165) is 30.2 Å². The van der Waals surface area contributed by atoms with Crippen LogP contribution in [-0.2, 0) is 13.1 Å². The van der Waals surface area contributed by atoms with E-state index in [-0.39, 0.29) is 6.10 Å². The summed E-state index contributed by atoms with van der Waals surface area (Å²) in [7, 11) is 0. The van der Waals surface area contributed by atoms with Crippen LogP contribution >= 0.6 is 0 Å². The molecule has 1 atom stereocenters. The highest BCUT2D eigenvalue weighted by Crippen LogP contribution is 2.32. The maximum Gasteiger partial charge on any atom is 0.231 e. The maximum atomic E-state index is 9.79. The summed E-state index contributed by atoms with van der Waals surface area (Å²) in [6.45, 7) is 6.39. The molecule has 23 heavy (non-hydrogen) atoms. The molecule has 0 aliphatic carbocycles. The van der Waals surface area contributed by atoms with Crippen molar-refractivity contribution in [3.63, 3.8) is 0 Å². The third-order valence-corrected chi connectivity index (χ3v) is 3.89. The number of aliphatic hydroxyl groups excluding tert-OH is 1. The summed E-state index contributed by atoms with van der Waals surface area (Å²) >= 11 is 0. The normalized spacial score (nSPS) is 14.3. The van der Waals surface area contributed by atoms with Crippen LogP contribution in [-0.4, -0.2) is 29.4 Å². The van der Waals surface area contributed by atoms with Gasteiger partial charge in [0.25, 0.3) is 0 Å². The van der Waals surface area contributed by atoms with Gasteiger partial charge in [0.1, 0.15) is 0 Å². The standard InChI is InChI=1S/C19H23NO3/c1-14-3-5-16(6-4-14)11-20(10-15(2)21)12-17-7-8-18-19(9-17)23-13-22-18/h3-9,15,21H,10-13H2,1-2H3/t15-/m0/s1. The summed E-state index contributed by atoms with van der Waals surface area (Å²) in [5.41, 5.74) is 3.66. The second-order valence-electron chi connectivity index (χ2n) is 6.19. The minimum atomic E-state index is -0.366. The van der Waals surface area contributed by atoms with Crippen molar-refractivity contribution in [3.05, 3.63) is 59.2 Å². The van der Waals surface area contributed by atoms with Crippen molar-refractivity contribution in [3.8, 4) is 11.5 Å². The van der Waals surface area contributed by atoms with Gasteiger partial charge < -0.3 is 14.6 Å². The van der Waals surface area contributed by atoms with Crippen LogP contribution in [0, 0.1) is 6.92 Å². The van der Waals surface area contributed by atoms with E-state index in [0.29, 0.717) is 13.3 Å². The summed E-state index contributed by atoms with van der Waals surface area (Å²) in [6, 6.07) is 14.6. The average molecular weight is 313 g/mol. The van der Waals surface area contributed by atoms with Crippen molar-refractivity contribution >= 4 is 0 Å². The Morgan fingerprint density at radius 1 is 1.00 bits per heavy atom. The number of ether oxygens (including phenoxy) is 2. The van der Waals surface area contributed by atoms with E-state index in [4.69, 9.17) is 9.47 Å². The quantitative estimate of drug-likeness (QED) is 0.890. The zero-order chi connectivity index (χ0) is 16.2. The number of nitrogens with zero attached hydrogens (tertiary/aromatic N) is 1. The minimum Gasteiger partial charge on any atom is -0.454 e. The SMILES string of the molecule is Cc1ccc(CN(Cc2ccc3c(c2)OCO3)C[C@H](C)O)cc1. The summed E-state index contributed by atoms with van der Waals surface area (Å²) < 4.78 is 10.8. The number of aryl methyl sites for hydroxylation is 1. The fourth-order valence-corrected chi connectivity index (χ4v) is 2.81. The van der Waals surface area contributed by atoms with E-state index in [1.807, 2.05) is 19.1 Å². The molecular formula is C19H23NO3. The Morgan fingerprint density at radius 3 is 2.39 bits per heavy atom. The Bertz CT molecular complexity index is 652. The molecule has 3 rings (SSSR count). The Hall–Kier alpha value is -2.04. The van der Waals surface area contributed by atoms with Gasteiger partial charge in [-0.2, -0.15) is 0 Å². The fourth-order valence-electron chi connectivity index (χ4n) is 2.81. The van der Waals surface area contributed by atoms with Gasteiger partial charge in [0, 0.05) is 19.6 Å². The summed E-state index contributed by atoms with van der Waals surface area (Å²) in [5.74, 6) is 1.60. The van der Waals surface area contributed by atoms with Gasteiger partial charge in [0.15, 0.2) is 11.5 Å². The van der Waals surface area contributed by atoms with Crippen LogP contribution < -0.4 is 9.47 Å². The first kappa shape index (κ1) is 15.8. The largest absolute Gasteiger partial charge is 0.454 e. The van der Waals surface area contributed by atoms with Gasteiger partial charge in [-0.05, 0) is 37.1 Å². The van der Waals surface area contributed by atoms with Gasteiger partial charge >= 0.3 is 0 Å². The van der Waals surface area contributed by atoms with Crippen molar-refractivity contribution in [2.45, 2.75) is 33.0 Å². The lowest BCUT2D eigenvalue weighted by Crippen LogP contribution is -2.30.